The fraction of sp³-hybridized carbons (Fsp3) is 0.636. The molecule has 0 aliphatic carbocycles. The Balaban J connectivity index is -0.000000605. The van der Waals surface area contributed by atoms with Gasteiger partial charge < -0.3 is 5.11 Å². The van der Waals surface area contributed by atoms with Crippen LogP contribution in [0.5, 0.6) is 0 Å². The predicted molar refractivity (Wildman–Crippen MR) is 52.7 cm³/mol. The molecule has 0 saturated carbocycles. The molecule has 14 heavy (non-hydrogen) atoms. The summed E-state index contributed by atoms with van der Waals surface area (Å²) in [6.45, 7) is 9.48. The van der Waals surface area contributed by atoms with Gasteiger partial charge in [-0.2, -0.15) is 0 Å². The fourth-order valence-electron chi connectivity index (χ4n) is 0.942. The Bertz CT molecular complexity index is 203. The summed E-state index contributed by atoms with van der Waals surface area (Å²) in [6.07, 6.45) is 1.27. The molecule has 0 rings (SSSR count). The van der Waals surface area contributed by atoms with Crippen LogP contribution in [0.25, 0.3) is 0 Å². The van der Waals surface area contributed by atoms with E-state index in [2.05, 4.69) is 25.3 Å². The van der Waals surface area contributed by atoms with E-state index in [1.165, 1.54) is 0 Å². The Hall–Kier alpha value is 1.47. The van der Waals surface area contributed by atoms with Gasteiger partial charge in [0.1, 0.15) is 0 Å². The first kappa shape index (κ1) is 20.8. The average molecular weight is 344 g/mol. The molecular weight excluding hydrogens is 326 g/mol. The van der Waals surface area contributed by atoms with Crippen molar-refractivity contribution in [1.29, 1.82) is 0 Å². The molecule has 1 nitrogen and oxygen atoms in total. The van der Waals surface area contributed by atoms with Crippen LogP contribution in [0.2, 0.25) is 0 Å². The van der Waals surface area contributed by atoms with E-state index in [4.69, 9.17) is 0 Å². The maximum absolute atomic E-state index is 9.45. The van der Waals surface area contributed by atoms with Crippen molar-refractivity contribution in [3.8, 4) is 11.8 Å². The van der Waals surface area contributed by atoms with Crippen LogP contribution in [0.1, 0.15) is 33.6 Å². The zero-order valence-corrected chi connectivity index (χ0v) is 15.1. The second kappa shape index (κ2) is 12.5. The van der Waals surface area contributed by atoms with E-state index >= 15 is 0 Å². The maximum Gasteiger partial charge on any atom is 0.0747 e. The molecule has 0 aromatic carbocycles. The van der Waals surface area contributed by atoms with Crippen LogP contribution in [0, 0.1) is 17.8 Å². The summed E-state index contributed by atoms with van der Waals surface area (Å²) in [5.41, 5.74) is 0.839. The van der Waals surface area contributed by atoms with E-state index in [-0.39, 0.29) is 71.5 Å². The number of aliphatic hydroxyl groups excluding tert-OH is 1. The molecule has 0 aromatic heterocycles. The Kier molecular flexibility index (Phi) is 18.7. The van der Waals surface area contributed by atoms with Gasteiger partial charge in [0.15, 0.2) is 0 Å². The van der Waals surface area contributed by atoms with Crippen LogP contribution < -0.4 is 0 Å². The van der Waals surface area contributed by atoms with Crippen LogP contribution in [-0.4, -0.2) is 11.2 Å². The molecule has 0 aliphatic rings. The summed E-state index contributed by atoms with van der Waals surface area (Å²) in [4.78, 5) is 0. The Morgan fingerprint density at radius 3 is 2.29 bits per heavy atom. The molecule has 0 aliphatic heterocycles. The molecule has 1 N–H and O–H groups in total. The van der Waals surface area contributed by atoms with Gasteiger partial charge in [-0.25, -0.2) is 0 Å². The third-order valence-electron chi connectivity index (χ3n) is 1.82. The van der Waals surface area contributed by atoms with Crippen molar-refractivity contribution in [2.45, 2.75) is 39.7 Å². The van der Waals surface area contributed by atoms with Crippen molar-refractivity contribution in [3.05, 3.63) is 12.2 Å². The van der Waals surface area contributed by atoms with Crippen LogP contribution in [0.4, 0.5) is 0 Å². The first-order valence-electron chi connectivity index (χ1n) is 4.31. The van der Waals surface area contributed by atoms with E-state index in [0.717, 1.165) is 18.4 Å². The number of hydrogen-bond donors (Lipinski definition) is 1. The fourth-order valence-corrected chi connectivity index (χ4v) is 0.942. The molecule has 0 heterocycles. The summed E-state index contributed by atoms with van der Waals surface area (Å²) in [6, 6.07) is 0. The van der Waals surface area contributed by atoms with Crippen molar-refractivity contribution < 1.29 is 70.5 Å². The molecule has 2 atom stereocenters. The molecule has 0 fully saturated rings. The molecule has 0 unspecified atom stereocenters. The van der Waals surface area contributed by atoms with Crippen LogP contribution in [0.3, 0.4) is 0 Å². The summed E-state index contributed by atoms with van der Waals surface area (Å²) < 4.78 is 0. The molecule has 3 heteroatoms. The Labute approximate surface area is 138 Å². The second-order valence-corrected chi connectivity index (χ2v) is 3.33. The standard InChI is InChI=1S/C11H18O.2Y/c1-5-6-7-10(4)8-11(12)9(2)3;;/h10-12H,2,7-8H2,1,3-4H3;;/t10-,11+;;/m1../s1. The van der Waals surface area contributed by atoms with Crippen molar-refractivity contribution in [2.24, 2.45) is 5.92 Å². The van der Waals surface area contributed by atoms with Gasteiger partial charge in [-0.15, -0.1) is 11.8 Å². The summed E-state index contributed by atoms with van der Waals surface area (Å²) in [5, 5.41) is 9.45. The summed E-state index contributed by atoms with van der Waals surface area (Å²) in [7, 11) is 0. The minimum atomic E-state index is -0.362. The third-order valence-corrected chi connectivity index (χ3v) is 1.82. The topological polar surface area (TPSA) is 20.2 Å². The van der Waals surface area contributed by atoms with Gasteiger partial charge in [-0.1, -0.05) is 19.1 Å². The van der Waals surface area contributed by atoms with Crippen molar-refractivity contribution in [1.82, 2.24) is 0 Å². The first-order chi connectivity index (χ1) is 5.57. The normalized spacial score (nSPS) is 12.3. The predicted octanol–water partition coefficient (Wildman–Crippen LogP) is 2.36. The van der Waals surface area contributed by atoms with E-state index in [0.29, 0.717) is 5.92 Å². The van der Waals surface area contributed by atoms with E-state index in [9.17, 15) is 5.11 Å². The van der Waals surface area contributed by atoms with Crippen molar-refractivity contribution >= 4 is 0 Å². The van der Waals surface area contributed by atoms with E-state index < -0.39 is 0 Å². The zero-order chi connectivity index (χ0) is 9.56. The minimum absolute atomic E-state index is 0. The van der Waals surface area contributed by atoms with Gasteiger partial charge in [-0.3, -0.25) is 0 Å². The quantitative estimate of drug-likeness (QED) is 0.613. The second-order valence-electron chi connectivity index (χ2n) is 3.33. The monoisotopic (exact) mass is 344 g/mol. The van der Waals surface area contributed by atoms with Gasteiger partial charge in [0, 0.05) is 71.8 Å². The van der Waals surface area contributed by atoms with Gasteiger partial charge in [0.25, 0.3) is 0 Å². The van der Waals surface area contributed by atoms with Gasteiger partial charge in [0.2, 0.25) is 0 Å². The van der Waals surface area contributed by atoms with Crippen molar-refractivity contribution in [2.75, 3.05) is 0 Å². The molecular formula is C11H18OY2. The van der Waals surface area contributed by atoms with Crippen molar-refractivity contribution in [3.63, 3.8) is 0 Å². The minimum Gasteiger partial charge on any atom is -0.389 e. The van der Waals surface area contributed by atoms with E-state index in [1.807, 2.05) is 13.8 Å². The van der Waals surface area contributed by atoms with E-state index in [1.54, 1.807) is 0 Å². The first-order valence-corrected chi connectivity index (χ1v) is 4.31. The van der Waals surface area contributed by atoms with Crippen LogP contribution in [0.15, 0.2) is 12.2 Å². The number of aliphatic hydroxyl groups is 1. The van der Waals surface area contributed by atoms with Gasteiger partial charge >= 0.3 is 0 Å². The summed E-state index contributed by atoms with van der Waals surface area (Å²) in [5.74, 6) is 6.30. The Morgan fingerprint density at radius 2 is 1.93 bits per heavy atom. The number of hydrogen-bond acceptors (Lipinski definition) is 1. The van der Waals surface area contributed by atoms with Crippen LogP contribution >= 0.6 is 0 Å². The van der Waals surface area contributed by atoms with Crippen LogP contribution in [-0.2, 0) is 65.4 Å². The molecule has 0 bridgehead atoms. The van der Waals surface area contributed by atoms with Gasteiger partial charge in [-0.05, 0) is 26.2 Å². The average Bonchev–Trinajstić information content (AvgIpc) is 2.00. The largest absolute Gasteiger partial charge is 0.389 e. The SMILES string of the molecule is C=C(C)[C@@H](O)C[C@H](C)CC#CC.[Y].[Y]. The maximum atomic E-state index is 9.45. The molecule has 2 radical (unpaired) electrons. The molecule has 0 amide bonds. The number of rotatable bonds is 4. The smallest absolute Gasteiger partial charge is 0.0747 e. The third kappa shape index (κ3) is 11.5. The molecule has 0 spiro atoms. The van der Waals surface area contributed by atoms with Gasteiger partial charge in [0.05, 0.1) is 6.10 Å². The zero-order valence-electron chi connectivity index (χ0n) is 9.38. The molecule has 0 saturated heterocycles. The summed E-state index contributed by atoms with van der Waals surface area (Å²) >= 11 is 0. The molecule has 0 aromatic rings. The Morgan fingerprint density at radius 1 is 1.43 bits per heavy atom. The molecule has 74 valence electrons.